The van der Waals surface area contributed by atoms with Crippen molar-refractivity contribution >= 4 is 25.7 Å². The van der Waals surface area contributed by atoms with Crippen LogP contribution in [0.25, 0.3) is 0 Å². The van der Waals surface area contributed by atoms with Gasteiger partial charge in [0.05, 0.1) is 19.1 Å². The third-order valence-corrected chi connectivity index (χ3v) is 8.32. The van der Waals surface area contributed by atoms with Gasteiger partial charge >= 0.3 is 0 Å². The fourth-order valence-electron chi connectivity index (χ4n) is 3.42. The summed E-state index contributed by atoms with van der Waals surface area (Å²) in [4.78, 5) is 0.0892. The molecule has 1 N–H and O–H groups in total. The molecule has 1 aliphatic heterocycles. The molecule has 0 aromatic heterocycles. The quantitative estimate of drug-likeness (QED) is 0.690. The second-order valence-electron chi connectivity index (χ2n) is 7.26. The summed E-state index contributed by atoms with van der Waals surface area (Å²) in [5, 5.41) is 0. The topological polar surface area (TPSA) is 102 Å². The van der Waals surface area contributed by atoms with Gasteiger partial charge in [0, 0.05) is 24.8 Å². The maximum Gasteiger partial charge on any atom is 0.265 e. The molecule has 1 fully saturated rings. The summed E-state index contributed by atoms with van der Waals surface area (Å²) in [5.41, 5.74) is 0.249. The van der Waals surface area contributed by atoms with Crippen molar-refractivity contribution in [2.75, 3.05) is 32.0 Å². The van der Waals surface area contributed by atoms with Gasteiger partial charge < -0.3 is 9.47 Å². The molecule has 1 aliphatic rings. The van der Waals surface area contributed by atoms with Gasteiger partial charge in [0.1, 0.15) is 16.4 Å². The van der Waals surface area contributed by atoms with Crippen molar-refractivity contribution in [2.24, 2.45) is 5.92 Å². The summed E-state index contributed by atoms with van der Waals surface area (Å²) in [7, 11) is -4.71. The van der Waals surface area contributed by atoms with Gasteiger partial charge in [-0.15, -0.1) is 0 Å². The van der Waals surface area contributed by atoms with Crippen LogP contribution < -0.4 is 14.2 Å². The molecular formula is C20H26N2O6S2. The zero-order valence-corrected chi connectivity index (χ0v) is 18.8. The van der Waals surface area contributed by atoms with Crippen LogP contribution in [0.1, 0.15) is 19.8 Å². The maximum absolute atomic E-state index is 12.9. The Hall–Kier alpha value is -2.30. The highest BCUT2D eigenvalue weighted by atomic mass is 32.2. The maximum atomic E-state index is 12.9. The van der Waals surface area contributed by atoms with E-state index in [9.17, 15) is 16.8 Å². The molecule has 0 aliphatic carbocycles. The van der Waals surface area contributed by atoms with E-state index < -0.39 is 20.0 Å². The fourth-order valence-corrected chi connectivity index (χ4v) is 6.22. The Balaban J connectivity index is 1.82. The molecule has 8 nitrogen and oxygen atoms in total. The molecule has 1 atom stereocenters. The van der Waals surface area contributed by atoms with Crippen molar-refractivity contribution in [1.29, 1.82) is 0 Å². The Morgan fingerprint density at radius 1 is 1.00 bits per heavy atom. The van der Waals surface area contributed by atoms with Crippen LogP contribution in [0.3, 0.4) is 0 Å². The molecule has 1 heterocycles. The van der Waals surface area contributed by atoms with Gasteiger partial charge in [0.15, 0.2) is 0 Å². The van der Waals surface area contributed by atoms with Crippen molar-refractivity contribution in [3.63, 3.8) is 0 Å². The van der Waals surface area contributed by atoms with Gasteiger partial charge in [-0.25, -0.2) is 16.8 Å². The van der Waals surface area contributed by atoms with Crippen LogP contribution in [0.4, 0.5) is 5.69 Å². The van der Waals surface area contributed by atoms with Crippen molar-refractivity contribution in [1.82, 2.24) is 4.31 Å². The molecule has 0 amide bonds. The Morgan fingerprint density at radius 2 is 1.70 bits per heavy atom. The van der Waals surface area contributed by atoms with Crippen LogP contribution in [0.5, 0.6) is 11.5 Å². The van der Waals surface area contributed by atoms with Gasteiger partial charge in [-0.05, 0) is 55.2 Å². The molecule has 3 rings (SSSR count). The largest absolute Gasteiger partial charge is 0.497 e. The minimum Gasteiger partial charge on any atom is -0.497 e. The van der Waals surface area contributed by atoms with E-state index in [1.54, 1.807) is 0 Å². The highest BCUT2D eigenvalue weighted by Gasteiger charge is 2.28. The minimum atomic E-state index is -3.95. The van der Waals surface area contributed by atoms with Gasteiger partial charge in [0.2, 0.25) is 10.0 Å². The van der Waals surface area contributed by atoms with E-state index in [0.717, 1.165) is 12.8 Å². The average Bonchev–Trinajstić information content (AvgIpc) is 2.73. The highest BCUT2D eigenvalue weighted by molar-refractivity contribution is 7.92. The third kappa shape index (κ3) is 4.71. The predicted octanol–water partition coefficient (Wildman–Crippen LogP) is 2.93. The monoisotopic (exact) mass is 454 g/mol. The van der Waals surface area contributed by atoms with Gasteiger partial charge in [-0.1, -0.05) is 6.92 Å². The van der Waals surface area contributed by atoms with E-state index in [0.29, 0.717) is 24.8 Å². The zero-order valence-electron chi connectivity index (χ0n) is 17.2. The summed E-state index contributed by atoms with van der Waals surface area (Å²) >= 11 is 0. The summed E-state index contributed by atoms with van der Waals surface area (Å²) in [6, 6.07) is 10.1. The van der Waals surface area contributed by atoms with E-state index in [1.807, 2.05) is 6.92 Å². The molecule has 10 heteroatoms. The second-order valence-corrected chi connectivity index (χ2v) is 10.8. The molecular weight excluding hydrogens is 428 g/mol. The van der Waals surface area contributed by atoms with Crippen molar-refractivity contribution in [3.8, 4) is 11.5 Å². The molecule has 2 aromatic carbocycles. The molecule has 0 unspecified atom stereocenters. The highest BCUT2D eigenvalue weighted by Crippen LogP contribution is 2.30. The second kappa shape index (κ2) is 8.83. The summed E-state index contributed by atoms with van der Waals surface area (Å²) in [5.74, 6) is 0.923. The van der Waals surface area contributed by atoms with Crippen molar-refractivity contribution < 1.29 is 26.3 Å². The number of anilines is 1. The summed E-state index contributed by atoms with van der Waals surface area (Å²) < 4.78 is 65.5. The van der Waals surface area contributed by atoms with Crippen molar-refractivity contribution in [2.45, 2.75) is 29.6 Å². The summed E-state index contributed by atoms with van der Waals surface area (Å²) in [6.07, 6.45) is 1.85. The number of nitrogens with zero attached hydrogens (tertiary/aromatic N) is 1. The number of sulfonamides is 2. The van der Waals surface area contributed by atoms with E-state index >= 15 is 0 Å². The average molecular weight is 455 g/mol. The SMILES string of the molecule is COc1ccc(S(=O)(=O)Nc2ccc(S(=O)(=O)N3CCC[C@@H](C)C3)cc2)c(OC)c1. The van der Waals surface area contributed by atoms with Gasteiger partial charge in [0.25, 0.3) is 10.0 Å². The Labute approximate surface area is 177 Å². The lowest BCUT2D eigenvalue weighted by atomic mass is 10.0. The first-order chi connectivity index (χ1) is 14.2. The lowest BCUT2D eigenvalue weighted by molar-refractivity contribution is 0.281. The normalized spacial score (nSPS) is 18.0. The first kappa shape index (κ1) is 22.4. The number of benzene rings is 2. The van der Waals surface area contributed by atoms with Crippen LogP contribution in [0.15, 0.2) is 52.3 Å². The summed E-state index contributed by atoms with van der Waals surface area (Å²) in [6.45, 7) is 3.03. The van der Waals surface area contributed by atoms with Crippen LogP contribution in [0.2, 0.25) is 0 Å². The van der Waals surface area contributed by atoms with Crippen LogP contribution in [-0.4, -0.2) is 48.4 Å². The molecule has 30 heavy (non-hydrogen) atoms. The smallest absolute Gasteiger partial charge is 0.265 e. The van der Waals surface area contributed by atoms with Crippen LogP contribution in [0, 0.1) is 5.92 Å². The predicted molar refractivity (Wildman–Crippen MR) is 114 cm³/mol. The van der Waals surface area contributed by atoms with E-state index in [1.165, 1.54) is 61.0 Å². The number of methoxy groups -OCH3 is 2. The molecule has 0 spiro atoms. The third-order valence-electron chi connectivity index (χ3n) is 5.02. The number of piperidine rings is 1. The first-order valence-electron chi connectivity index (χ1n) is 9.52. The standard InChI is InChI=1S/C20H26N2O6S2/c1-15-5-4-12-22(14-15)30(25,26)18-9-6-16(7-10-18)21-29(23,24)20-11-8-17(27-2)13-19(20)28-3/h6-11,13,15,21H,4-5,12,14H2,1-3H3/t15-/m1/s1. The van der Waals surface area contributed by atoms with Gasteiger partial charge in [-0.2, -0.15) is 4.31 Å². The lowest BCUT2D eigenvalue weighted by Crippen LogP contribution is -2.39. The van der Waals surface area contributed by atoms with Crippen LogP contribution in [-0.2, 0) is 20.0 Å². The first-order valence-corrected chi connectivity index (χ1v) is 12.4. The molecule has 1 saturated heterocycles. The number of rotatable bonds is 7. The fraction of sp³-hybridized carbons (Fsp3) is 0.400. The van der Waals surface area contributed by atoms with Crippen molar-refractivity contribution in [3.05, 3.63) is 42.5 Å². The zero-order chi connectivity index (χ0) is 21.9. The Morgan fingerprint density at radius 3 is 2.30 bits per heavy atom. The van der Waals surface area contributed by atoms with E-state index in [-0.39, 0.29) is 21.2 Å². The van der Waals surface area contributed by atoms with E-state index in [2.05, 4.69) is 4.72 Å². The van der Waals surface area contributed by atoms with E-state index in [4.69, 9.17) is 9.47 Å². The number of hydrogen-bond donors (Lipinski definition) is 1. The Kier molecular flexibility index (Phi) is 6.59. The molecule has 2 aromatic rings. The van der Waals surface area contributed by atoms with Gasteiger partial charge in [-0.3, -0.25) is 4.72 Å². The number of hydrogen-bond acceptors (Lipinski definition) is 6. The van der Waals surface area contributed by atoms with Crippen LogP contribution >= 0.6 is 0 Å². The Bertz CT molecular complexity index is 1100. The minimum absolute atomic E-state index is 0.0511. The number of ether oxygens (including phenoxy) is 2. The lowest BCUT2D eigenvalue weighted by Gasteiger charge is -2.30. The number of nitrogens with one attached hydrogen (secondary N) is 1. The molecule has 0 bridgehead atoms. The molecule has 0 radical (unpaired) electrons. The molecule has 164 valence electrons. The molecule has 0 saturated carbocycles.